The lowest BCUT2D eigenvalue weighted by Crippen LogP contribution is -2.12. The fourth-order valence-corrected chi connectivity index (χ4v) is 1.82. The quantitative estimate of drug-likeness (QED) is 0.842. The number of aromatic nitrogens is 4. The van der Waals surface area contributed by atoms with E-state index in [0.29, 0.717) is 0 Å². The molecule has 0 saturated carbocycles. The molecule has 0 aliphatic heterocycles. The molecule has 96 valence electrons. The first-order valence-corrected chi connectivity index (χ1v) is 6.00. The van der Waals surface area contributed by atoms with Crippen LogP contribution in [0.1, 0.15) is 25.7 Å². The zero-order valence-electron chi connectivity index (χ0n) is 10.9. The van der Waals surface area contributed by atoms with Crippen molar-refractivity contribution in [3.8, 4) is 0 Å². The minimum absolute atomic E-state index is 0.0798. The Balaban J connectivity index is 2.09. The number of hydrogen-bond donors (Lipinski definition) is 2. The summed E-state index contributed by atoms with van der Waals surface area (Å²) in [4.78, 5) is 4.19. The highest BCUT2D eigenvalue weighted by Gasteiger charge is 2.11. The Morgan fingerprint density at radius 3 is 2.78 bits per heavy atom. The lowest BCUT2D eigenvalue weighted by molar-refractivity contribution is 0.719. The van der Waals surface area contributed by atoms with Crippen LogP contribution in [0.5, 0.6) is 0 Å². The lowest BCUT2D eigenvalue weighted by atomic mass is 10.3. The maximum Gasteiger partial charge on any atom is 0.154 e. The van der Waals surface area contributed by atoms with Crippen molar-refractivity contribution in [1.82, 2.24) is 19.7 Å². The van der Waals surface area contributed by atoms with Crippen LogP contribution in [0.4, 0.5) is 11.4 Å². The number of hydrogen-bond acceptors (Lipinski definition) is 5. The van der Waals surface area contributed by atoms with Gasteiger partial charge in [-0.2, -0.15) is 0 Å². The van der Waals surface area contributed by atoms with E-state index in [-0.39, 0.29) is 6.04 Å². The third kappa shape index (κ3) is 2.77. The summed E-state index contributed by atoms with van der Waals surface area (Å²) >= 11 is 0. The smallest absolute Gasteiger partial charge is 0.154 e. The van der Waals surface area contributed by atoms with Gasteiger partial charge in [0.15, 0.2) is 5.82 Å². The van der Waals surface area contributed by atoms with Gasteiger partial charge in [-0.3, -0.25) is 4.98 Å². The maximum atomic E-state index is 4.19. The molecule has 2 rings (SSSR count). The highest BCUT2D eigenvalue weighted by Crippen LogP contribution is 2.18. The van der Waals surface area contributed by atoms with Gasteiger partial charge in [0.05, 0.1) is 29.8 Å². The summed E-state index contributed by atoms with van der Waals surface area (Å²) in [5.74, 6) is 0.892. The van der Waals surface area contributed by atoms with E-state index < -0.39 is 0 Å². The molecule has 1 atom stereocenters. The van der Waals surface area contributed by atoms with Crippen LogP contribution in [0.2, 0.25) is 0 Å². The second-order valence-corrected chi connectivity index (χ2v) is 4.16. The number of pyridine rings is 1. The van der Waals surface area contributed by atoms with E-state index in [1.807, 2.05) is 30.8 Å². The molecule has 0 radical (unpaired) electrons. The standard InChI is InChI=1S/C12H18N6/c1-4-14-10-5-11(7-13-6-10)16-9(2)12-17-15-8-18(12)3/h5-9,14,16H,4H2,1-3H3. The van der Waals surface area contributed by atoms with Crippen LogP contribution in [0, 0.1) is 0 Å². The second-order valence-electron chi connectivity index (χ2n) is 4.16. The normalized spacial score (nSPS) is 12.2. The molecule has 2 aromatic rings. The largest absolute Gasteiger partial charge is 0.384 e. The topological polar surface area (TPSA) is 67.7 Å². The van der Waals surface area contributed by atoms with Gasteiger partial charge in [0, 0.05) is 13.6 Å². The summed E-state index contributed by atoms with van der Waals surface area (Å²) in [5.41, 5.74) is 1.97. The second kappa shape index (κ2) is 5.48. The van der Waals surface area contributed by atoms with Crippen molar-refractivity contribution >= 4 is 11.4 Å². The third-order valence-electron chi connectivity index (χ3n) is 2.64. The Morgan fingerprint density at radius 1 is 1.33 bits per heavy atom. The average Bonchev–Trinajstić information content (AvgIpc) is 2.76. The molecule has 1 unspecified atom stereocenters. The third-order valence-corrected chi connectivity index (χ3v) is 2.64. The van der Waals surface area contributed by atoms with Crippen LogP contribution in [0.15, 0.2) is 24.8 Å². The van der Waals surface area contributed by atoms with Crippen LogP contribution < -0.4 is 10.6 Å². The molecule has 0 bridgehead atoms. The first kappa shape index (κ1) is 12.3. The predicted octanol–water partition coefficient (Wildman–Crippen LogP) is 1.81. The van der Waals surface area contributed by atoms with E-state index >= 15 is 0 Å². The molecule has 2 heterocycles. The highest BCUT2D eigenvalue weighted by molar-refractivity contribution is 5.54. The Labute approximate surface area is 106 Å². The Bertz CT molecular complexity index is 507. The van der Waals surface area contributed by atoms with Gasteiger partial charge in [-0.25, -0.2) is 0 Å². The molecule has 0 spiro atoms. The van der Waals surface area contributed by atoms with Crippen molar-refractivity contribution in [2.75, 3.05) is 17.2 Å². The first-order valence-electron chi connectivity index (χ1n) is 6.00. The van der Waals surface area contributed by atoms with E-state index in [0.717, 1.165) is 23.7 Å². The van der Waals surface area contributed by atoms with E-state index in [2.05, 4.69) is 32.7 Å². The van der Waals surface area contributed by atoms with Crippen molar-refractivity contribution < 1.29 is 0 Å². The van der Waals surface area contributed by atoms with E-state index in [4.69, 9.17) is 0 Å². The molecule has 2 N–H and O–H groups in total. The first-order chi connectivity index (χ1) is 8.70. The number of aryl methyl sites for hydroxylation is 1. The molecule has 18 heavy (non-hydrogen) atoms. The fraction of sp³-hybridized carbons (Fsp3) is 0.417. The zero-order chi connectivity index (χ0) is 13.0. The molecule has 0 aliphatic carbocycles. The zero-order valence-corrected chi connectivity index (χ0v) is 10.9. The molecule has 6 nitrogen and oxygen atoms in total. The van der Waals surface area contributed by atoms with Crippen LogP contribution in [0.3, 0.4) is 0 Å². The van der Waals surface area contributed by atoms with Crippen molar-refractivity contribution in [3.05, 3.63) is 30.6 Å². The van der Waals surface area contributed by atoms with Crippen molar-refractivity contribution in [2.24, 2.45) is 7.05 Å². The minimum Gasteiger partial charge on any atom is -0.384 e. The van der Waals surface area contributed by atoms with Gasteiger partial charge in [-0.05, 0) is 19.9 Å². The minimum atomic E-state index is 0.0798. The molecule has 0 aliphatic rings. The van der Waals surface area contributed by atoms with Crippen molar-refractivity contribution in [2.45, 2.75) is 19.9 Å². The molecule has 0 amide bonds. The summed E-state index contributed by atoms with van der Waals surface area (Å²) in [6.07, 6.45) is 5.30. The number of nitrogens with one attached hydrogen (secondary N) is 2. The SMILES string of the molecule is CCNc1cncc(NC(C)c2nncn2C)c1. The van der Waals surface area contributed by atoms with Gasteiger partial charge in [-0.1, -0.05) is 0 Å². The molecular weight excluding hydrogens is 228 g/mol. The lowest BCUT2D eigenvalue weighted by Gasteiger charge is -2.14. The van der Waals surface area contributed by atoms with Crippen molar-refractivity contribution in [3.63, 3.8) is 0 Å². The van der Waals surface area contributed by atoms with Crippen molar-refractivity contribution in [1.29, 1.82) is 0 Å². The summed E-state index contributed by atoms with van der Waals surface area (Å²) in [6.45, 7) is 4.98. The van der Waals surface area contributed by atoms with Gasteiger partial charge in [0.25, 0.3) is 0 Å². The van der Waals surface area contributed by atoms with Crippen LogP contribution in [0.25, 0.3) is 0 Å². The monoisotopic (exact) mass is 246 g/mol. The Kier molecular flexibility index (Phi) is 3.76. The van der Waals surface area contributed by atoms with Gasteiger partial charge in [0.1, 0.15) is 6.33 Å². The fourth-order valence-electron chi connectivity index (χ4n) is 1.82. The molecule has 0 saturated heterocycles. The number of rotatable bonds is 5. The van der Waals surface area contributed by atoms with Crippen LogP contribution in [-0.2, 0) is 7.05 Å². The number of nitrogens with zero attached hydrogens (tertiary/aromatic N) is 4. The number of anilines is 2. The summed E-state index contributed by atoms with van der Waals surface area (Å²) in [5, 5.41) is 14.6. The highest BCUT2D eigenvalue weighted by atomic mass is 15.3. The Morgan fingerprint density at radius 2 is 2.11 bits per heavy atom. The molecule has 6 heteroatoms. The van der Waals surface area contributed by atoms with Gasteiger partial charge in [0.2, 0.25) is 0 Å². The maximum absolute atomic E-state index is 4.19. The predicted molar refractivity (Wildman–Crippen MR) is 71.4 cm³/mol. The summed E-state index contributed by atoms with van der Waals surface area (Å²) in [6, 6.07) is 2.11. The molecule has 2 aromatic heterocycles. The van der Waals surface area contributed by atoms with E-state index in [9.17, 15) is 0 Å². The molecular formula is C12H18N6. The van der Waals surface area contributed by atoms with Crippen LogP contribution in [-0.4, -0.2) is 26.3 Å². The van der Waals surface area contributed by atoms with E-state index in [1.54, 1.807) is 12.5 Å². The summed E-state index contributed by atoms with van der Waals surface area (Å²) < 4.78 is 1.90. The van der Waals surface area contributed by atoms with Gasteiger partial charge in [-0.15, -0.1) is 10.2 Å². The van der Waals surface area contributed by atoms with E-state index in [1.165, 1.54) is 0 Å². The van der Waals surface area contributed by atoms with Crippen LogP contribution >= 0.6 is 0 Å². The van der Waals surface area contributed by atoms with Gasteiger partial charge >= 0.3 is 0 Å². The molecule has 0 fully saturated rings. The average molecular weight is 246 g/mol. The molecule has 0 aromatic carbocycles. The van der Waals surface area contributed by atoms with Gasteiger partial charge < -0.3 is 15.2 Å². The Hall–Kier alpha value is -2.11. The summed E-state index contributed by atoms with van der Waals surface area (Å²) in [7, 11) is 1.93.